The molecule has 0 saturated carbocycles. The van der Waals surface area contributed by atoms with E-state index in [4.69, 9.17) is 4.74 Å². The van der Waals surface area contributed by atoms with E-state index in [1.165, 1.54) is 30.6 Å². The van der Waals surface area contributed by atoms with Gasteiger partial charge in [0.2, 0.25) is 5.95 Å². The van der Waals surface area contributed by atoms with Gasteiger partial charge >= 0.3 is 0 Å². The van der Waals surface area contributed by atoms with Crippen LogP contribution in [0.1, 0.15) is 30.0 Å². The van der Waals surface area contributed by atoms with Gasteiger partial charge in [-0.2, -0.15) is 0 Å². The molecule has 2 aromatic heterocycles. The molecule has 1 fully saturated rings. The van der Waals surface area contributed by atoms with Gasteiger partial charge in [-0.05, 0) is 44.4 Å². The molecule has 3 aromatic rings. The van der Waals surface area contributed by atoms with Gasteiger partial charge in [0.25, 0.3) is 0 Å². The minimum absolute atomic E-state index is 0.0646. The highest BCUT2D eigenvalue weighted by Crippen LogP contribution is 2.34. The monoisotopic (exact) mass is 411 g/mol. The second kappa shape index (κ2) is 8.75. The Labute approximate surface area is 174 Å². The number of piperidine rings is 1. The normalized spacial score (nSPS) is 14.1. The number of aryl methyl sites for hydroxylation is 1. The summed E-state index contributed by atoms with van der Waals surface area (Å²) in [4.78, 5) is 16.7. The summed E-state index contributed by atoms with van der Waals surface area (Å²) in [7, 11) is 1.70. The molecule has 152 valence electrons. The highest BCUT2D eigenvalue weighted by molar-refractivity contribution is 7.15. The maximum Gasteiger partial charge on any atom is 0.227 e. The van der Waals surface area contributed by atoms with Gasteiger partial charge in [0.05, 0.1) is 35.7 Å². The molecule has 1 aliphatic rings. The van der Waals surface area contributed by atoms with E-state index in [0.717, 1.165) is 46.5 Å². The molecule has 0 unspecified atom stereocenters. The van der Waals surface area contributed by atoms with Crippen LogP contribution in [-0.4, -0.2) is 40.3 Å². The maximum absolute atomic E-state index is 9.33. The summed E-state index contributed by atoms with van der Waals surface area (Å²) in [5.74, 6) is 1.35. The fourth-order valence-corrected chi connectivity index (χ4v) is 4.48. The Morgan fingerprint density at radius 3 is 2.72 bits per heavy atom. The molecule has 1 aliphatic heterocycles. The van der Waals surface area contributed by atoms with Crippen LogP contribution in [-0.2, 0) is 6.61 Å². The lowest BCUT2D eigenvalue weighted by atomic mass is 10.1. The van der Waals surface area contributed by atoms with Crippen LogP contribution in [0.15, 0.2) is 30.5 Å². The van der Waals surface area contributed by atoms with Gasteiger partial charge in [-0.3, -0.25) is 0 Å². The molecule has 4 rings (SSSR count). The van der Waals surface area contributed by atoms with Crippen molar-refractivity contribution in [3.8, 4) is 16.3 Å². The van der Waals surface area contributed by atoms with E-state index in [2.05, 4.69) is 31.2 Å². The zero-order valence-electron chi connectivity index (χ0n) is 16.7. The largest absolute Gasteiger partial charge is 0.495 e. The number of ether oxygens (including phenoxy) is 1. The molecule has 0 radical (unpaired) electrons. The van der Waals surface area contributed by atoms with Gasteiger partial charge in [0, 0.05) is 31.0 Å². The van der Waals surface area contributed by atoms with Crippen molar-refractivity contribution >= 4 is 28.7 Å². The van der Waals surface area contributed by atoms with Crippen molar-refractivity contribution in [2.24, 2.45) is 0 Å². The number of hydrogen-bond acceptors (Lipinski definition) is 8. The topological polar surface area (TPSA) is 83.4 Å². The van der Waals surface area contributed by atoms with Crippen LogP contribution in [0, 0.1) is 6.92 Å². The Kier molecular flexibility index (Phi) is 5.92. The Hall–Kier alpha value is -2.71. The highest BCUT2D eigenvalue weighted by atomic mass is 32.1. The van der Waals surface area contributed by atoms with Crippen LogP contribution in [0.4, 0.5) is 17.3 Å². The molecule has 29 heavy (non-hydrogen) atoms. The number of thiazole rings is 1. The summed E-state index contributed by atoms with van der Waals surface area (Å²) in [6.07, 6.45) is 5.46. The Balaban J connectivity index is 1.57. The van der Waals surface area contributed by atoms with Crippen molar-refractivity contribution in [2.75, 3.05) is 30.4 Å². The van der Waals surface area contributed by atoms with Crippen LogP contribution in [0.3, 0.4) is 0 Å². The third-order valence-corrected chi connectivity index (χ3v) is 6.16. The van der Waals surface area contributed by atoms with E-state index in [-0.39, 0.29) is 6.61 Å². The van der Waals surface area contributed by atoms with Crippen LogP contribution in [0.25, 0.3) is 10.6 Å². The molecule has 1 saturated heterocycles. The zero-order chi connectivity index (χ0) is 20.2. The van der Waals surface area contributed by atoms with E-state index in [0.29, 0.717) is 11.0 Å². The first kappa shape index (κ1) is 19.6. The standard InChI is InChI=1S/C21H25N5O2S/c1-14-20(29-19(13-27)23-14)16-8-9-22-21(25-16)24-15-6-7-17(18(12-15)28-2)26-10-4-3-5-11-26/h6-9,12,27H,3-5,10-11,13H2,1-2H3,(H,22,24,25). The van der Waals surface area contributed by atoms with Gasteiger partial charge in [0.1, 0.15) is 10.8 Å². The molecular weight excluding hydrogens is 386 g/mol. The number of nitrogens with zero attached hydrogens (tertiary/aromatic N) is 4. The molecule has 8 heteroatoms. The molecule has 2 N–H and O–H groups in total. The van der Waals surface area contributed by atoms with Crippen molar-refractivity contribution in [2.45, 2.75) is 32.8 Å². The predicted molar refractivity (Wildman–Crippen MR) is 116 cm³/mol. The van der Waals surface area contributed by atoms with E-state index >= 15 is 0 Å². The van der Waals surface area contributed by atoms with Gasteiger partial charge in [-0.15, -0.1) is 11.3 Å². The highest BCUT2D eigenvalue weighted by Gasteiger charge is 2.16. The van der Waals surface area contributed by atoms with Crippen molar-refractivity contribution in [3.05, 3.63) is 41.2 Å². The quantitative estimate of drug-likeness (QED) is 0.630. The van der Waals surface area contributed by atoms with E-state index in [9.17, 15) is 5.11 Å². The van der Waals surface area contributed by atoms with Crippen LogP contribution >= 0.6 is 11.3 Å². The molecular formula is C21H25N5O2S. The predicted octanol–water partition coefficient (Wildman–Crippen LogP) is 4.14. The fraction of sp³-hybridized carbons (Fsp3) is 0.381. The molecule has 3 heterocycles. The van der Waals surface area contributed by atoms with Crippen molar-refractivity contribution in [3.63, 3.8) is 0 Å². The third-order valence-electron chi connectivity index (χ3n) is 5.00. The number of anilines is 3. The molecule has 0 spiro atoms. The number of hydrogen-bond donors (Lipinski definition) is 2. The lowest BCUT2D eigenvalue weighted by Gasteiger charge is -2.30. The number of rotatable bonds is 6. The second-order valence-corrected chi connectivity index (χ2v) is 8.09. The second-order valence-electron chi connectivity index (χ2n) is 7.01. The number of methoxy groups -OCH3 is 1. The summed E-state index contributed by atoms with van der Waals surface area (Å²) in [6, 6.07) is 7.97. The first-order valence-corrected chi connectivity index (χ1v) is 10.6. The summed E-state index contributed by atoms with van der Waals surface area (Å²) in [5, 5.41) is 13.3. The molecule has 0 amide bonds. The number of nitrogens with one attached hydrogen (secondary N) is 1. The van der Waals surface area contributed by atoms with Crippen LogP contribution in [0.5, 0.6) is 5.75 Å². The fourth-order valence-electron chi connectivity index (χ4n) is 3.58. The van der Waals surface area contributed by atoms with E-state index in [1.807, 2.05) is 25.1 Å². The number of benzene rings is 1. The lowest BCUT2D eigenvalue weighted by Crippen LogP contribution is -2.29. The average Bonchev–Trinajstić information content (AvgIpc) is 3.15. The van der Waals surface area contributed by atoms with Gasteiger partial charge < -0.3 is 20.1 Å². The SMILES string of the molecule is COc1cc(Nc2nccc(-c3sc(CO)nc3C)n2)ccc1N1CCCCC1. The molecule has 0 atom stereocenters. The molecule has 0 bridgehead atoms. The van der Waals surface area contributed by atoms with Crippen LogP contribution in [0.2, 0.25) is 0 Å². The third kappa shape index (κ3) is 4.33. The summed E-state index contributed by atoms with van der Waals surface area (Å²) in [5.41, 5.74) is 3.64. The average molecular weight is 412 g/mol. The zero-order valence-corrected chi connectivity index (χ0v) is 17.5. The van der Waals surface area contributed by atoms with Crippen LogP contribution < -0.4 is 15.0 Å². The molecule has 0 aliphatic carbocycles. The Morgan fingerprint density at radius 2 is 2.00 bits per heavy atom. The minimum atomic E-state index is -0.0646. The van der Waals surface area contributed by atoms with E-state index < -0.39 is 0 Å². The van der Waals surface area contributed by atoms with Gasteiger partial charge in [-0.1, -0.05) is 0 Å². The maximum atomic E-state index is 9.33. The summed E-state index contributed by atoms with van der Waals surface area (Å²) < 4.78 is 5.65. The lowest BCUT2D eigenvalue weighted by molar-refractivity contribution is 0.281. The Morgan fingerprint density at radius 1 is 1.17 bits per heavy atom. The van der Waals surface area contributed by atoms with E-state index in [1.54, 1.807) is 13.3 Å². The van der Waals surface area contributed by atoms with Crippen molar-refractivity contribution in [1.82, 2.24) is 15.0 Å². The number of aliphatic hydroxyl groups excluding tert-OH is 1. The molecule has 7 nitrogen and oxygen atoms in total. The Bertz CT molecular complexity index is 985. The van der Waals surface area contributed by atoms with Crippen molar-refractivity contribution < 1.29 is 9.84 Å². The first-order chi connectivity index (χ1) is 14.2. The summed E-state index contributed by atoms with van der Waals surface area (Å²) in [6.45, 7) is 3.99. The number of aliphatic hydroxyl groups is 1. The molecule has 1 aromatic carbocycles. The van der Waals surface area contributed by atoms with Gasteiger partial charge in [-0.25, -0.2) is 15.0 Å². The first-order valence-electron chi connectivity index (χ1n) is 9.78. The van der Waals surface area contributed by atoms with Crippen molar-refractivity contribution in [1.29, 1.82) is 0 Å². The van der Waals surface area contributed by atoms with Gasteiger partial charge in [0.15, 0.2) is 0 Å². The number of aromatic nitrogens is 3. The smallest absolute Gasteiger partial charge is 0.227 e. The summed E-state index contributed by atoms with van der Waals surface area (Å²) >= 11 is 1.45. The minimum Gasteiger partial charge on any atom is -0.495 e.